The summed E-state index contributed by atoms with van der Waals surface area (Å²) in [6.45, 7) is 6.60. The van der Waals surface area contributed by atoms with Crippen molar-refractivity contribution in [1.82, 2.24) is 9.88 Å². The van der Waals surface area contributed by atoms with Gasteiger partial charge >= 0.3 is 0 Å². The molecule has 136 valence electrons. The Hall–Kier alpha value is -2.40. The Morgan fingerprint density at radius 1 is 1.38 bits per heavy atom. The predicted molar refractivity (Wildman–Crippen MR) is 100.0 cm³/mol. The Bertz CT molecular complexity index is 822. The molecule has 0 aliphatic carbocycles. The largest absolute Gasteiger partial charge is 0.497 e. The van der Waals surface area contributed by atoms with E-state index in [1.54, 1.807) is 13.3 Å². The first-order valence-corrected chi connectivity index (χ1v) is 9.13. The predicted octanol–water partition coefficient (Wildman–Crippen LogP) is 3.35. The zero-order valence-corrected chi connectivity index (χ0v) is 15.0. The first-order chi connectivity index (χ1) is 12.7. The summed E-state index contributed by atoms with van der Waals surface area (Å²) in [7, 11) is 1.65. The van der Waals surface area contributed by atoms with Crippen LogP contribution in [0.25, 0.3) is 10.9 Å². The molecule has 5 atom stereocenters. The molecule has 0 radical (unpaired) electrons. The molecule has 3 aliphatic heterocycles. The maximum atomic E-state index is 11.3. The number of carbonyl (C=O) groups excluding carboxylic acids is 1. The minimum atomic E-state index is -0.307. The van der Waals surface area contributed by atoms with Gasteiger partial charge in [0.1, 0.15) is 11.9 Å². The lowest BCUT2D eigenvalue weighted by atomic mass is 9.73. The fraction of sp³-hybridized carbons (Fsp3) is 0.429. The van der Waals surface area contributed by atoms with Gasteiger partial charge in [-0.15, -0.1) is 6.58 Å². The van der Waals surface area contributed by atoms with Crippen LogP contribution in [0.15, 0.2) is 43.1 Å². The molecular formula is C21H24N2O3. The SMILES string of the molecule is C=C[C@H]1CN2CC[C@@H]1C[C@H]2[C@@H](OC=O)c1ccnc2ccc(OC)cc12. The number of hydrogen-bond donors (Lipinski definition) is 0. The molecule has 1 aromatic carbocycles. The molecular weight excluding hydrogens is 328 g/mol. The Labute approximate surface area is 153 Å². The summed E-state index contributed by atoms with van der Waals surface area (Å²) in [5.41, 5.74) is 1.87. The highest BCUT2D eigenvalue weighted by molar-refractivity contribution is 5.84. The molecule has 2 bridgehead atoms. The highest BCUT2D eigenvalue weighted by Crippen LogP contribution is 2.43. The smallest absolute Gasteiger partial charge is 0.293 e. The molecule has 26 heavy (non-hydrogen) atoms. The number of methoxy groups -OCH3 is 1. The van der Waals surface area contributed by atoms with Gasteiger partial charge in [-0.3, -0.25) is 14.7 Å². The van der Waals surface area contributed by atoms with E-state index in [-0.39, 0.29) is 12.1 Å². The van der Waals surface area contributed by atoms with Crippen molar-refractivity contribution in [3.8, 4) is 5.75 Å². The summed E-state index contributed by atoms with van der Waals surface area (Å²) >= 11 is 0. The average molecular weight is 352 g/mol. The van der Waals surface area contributed by atoms with Gasteiger partial charge in [0.2, 0.25) is 0 Å². The minimum absolute atomic E-state index is 0.187. The van der Waals surface area contributed by atoms with Crippen LogP contribution in [0.2, 0.25) is 0 Å². The van der Waals surface area contributed by atoms with E-state index in [1.807, 2.05) is 24.3 Å². The Kier molecular flexibility index (Phi) is 4.64. The van der Waals surface area contributed by atoms with Crippen molar-refractivity contribution in [3.63, 3.8) is 0 Å². The van der Waals surface area contributed by atoms with Crippen LogP contribution in [-0.2, 0) is 9.53 Å². The summed E-state index contributed by atoms with van der Waals surface area (Å²) in [5, 5.41) is 0.974. The van der Waals surface area contributed by atoms with Crippen LogP contribution in [0.5, 0.6) is 5.75 Å². The van der Waals surface area contributed by atoms with Crippen LogP contribution in [0.3, 0.4) is 0 Å². The summed E-state index contributed by atoms with van der Waals surface area (Å²) in [6.07, 6.45) is 5.76. The summed E-state index contributed by atoms with van der Waals surface area (Å²) in [5.74, 6) is 1.92. The van der Waals surface area contributed by atoms with Gasteiger partial charge < -0.3 is 9.47 Å². The minimum Gasteiger partial charge on any atom is -0.497 e. The standard InChI is InChI=1S/C21H24N2O3/c1-3-14-12-23-9-7-15(14)10-20(23)21(26-13-24)17-6-8-22-19-5-4-16(25-2)11-18(17)19/h3-6,8,11,13-15,20-21H,1,7,9-10,12H2,2H3/t14-,15+,20-,21-/m0/s1. The number of aromatic nitrogens is 1. The molecule has 3 fully saturated rings. The van der Waals surface area contributed by atoms with Gasteiger partial charge in [0.25, 0.3) is 6.47 Å². The molecule has 4 heterocycles. The second-order valence-electron chi connectivity index (χ2n) is 7.18. The van der Waals surface area contributed by atoms with Crippen LogP contribution in [0.1, 0.15) is 24.5 Å². The van der Waals surface area contributed by atoms with Gasteiger partial charge in [0.15, 0.2) is 0 Å². The van der Waals surface area contributed by atoms with Crippen molar-refractivity contribution in [2.24, 2.45) is 11.8 Å². The number of rotatable bonds is 6. The number of pyridine rings is 1. The number of fused-ring (bicyclic) bond motifs is 4. The van der Waals surface area contributed by atoms with Crippen molar-refractivity contribution in [2.75, 3.05) is 20.2 Å². The zero-order chi connectivity index (χ0) is 18.1. The topological polar surface area (TPSA) is 51.7 Å². The molecule has 5 nitrogen and oxygen atoms in total. The van der Waals surface area contributed by atoms with Crippen molar-refractivity contribution in [2.45, 2.75) is 25.0 Å². The van der Waals surface area contributed by atoms with Gasteiger partial charge in [0.05, 0.1) is 18.7 Å². The van der Waals surface area contributed by atoms with E-state index < -0.39 is 0 Å². The molecule has 2 aromatic rings. The monoisotopic (exact) mass is 352 g/mol. The van der Waals surface area contributed by atoms with Crippen molar-refractivity contribution >= 4 is 17.4 Å². The average Bonchev–Trinajstić information content (AvgIpc) is 2.71. The first-order valence-electron chi connectivity index (χ1n) is 9.13. The highest BCUT2D eigenvalue weighted by atomic mass is 16.5. The molecule has 0 N–H and O–H groups in total. The lowest BCUT2D eigenvalue weighted by Gasteiger charge is -2.51. The van der Waals surface area contributed by atoms with E-state index in [4.69, 9.17) is 9.47 Å². The van der Waals surface area contributed by atoms with Crippen LogP contribution in [-0.4, -0.2) is 42.6 Å². The van der Waals surface area contributed by atoms with Crippen molar-refractivity contribution < 1.29 is 14.3 Å². The lowest BCUT2D eigenvalue weighted by molar-refractivity contribution is -0.141. The molecule has 5 rings (SSSR count). The molecule has 0 amide bonds. The van der Waals surface area contributed by atoms with Crippen LogP contribution in [0.4, 0.5) is 0 Å². The van der Waals surface area contributed by atoms with E-state index in [0.717, 1.165) is 41.7 Å². The fourth-order valence-corrected chi connectivity index (χ4v) is 4.64. The van der Waals surface area contributed by atoms with Gasteiger partial charge in [-0.25, -0.2) is 0 Å². The van der Waals surface area contributed by atoms with Crippen LogP contribution < -0.4 is 4.74 Å². The number of benzene rings is 1. The van der Waals surface area contributed by atoms with Crippen molar-refractivity contribution in [3.05, 3.63) is 48.7 Å². The molecule has 1 unspecified atom stereocenters. The normalized spacial score (nSPS) is 28.5. The number of nitrogens with zero attached hydrogens (tertiary/aromatic N) is 2. The van der Waals surface area contributed by atoms with Gasteiger partial charge in [-0.2, -0.15) is 0 Å². The third-order valence-corrected chi connectivity index (χ3v) is 5.99. The van der Waals surface area contributed by atoms with E-state index in [0.29, 0.717) is 18.3 Å². The van der Waals surface area contributed by atoms with E-state index >= 15 is 0 Å². The molecule has 3 saturated heterocycles. The third kappa shape index (κ3) is 2.86. The number of piperidine rings is 3. The number of carbonyl (C=O) groups is 1. The second kappa shape index (κ2) is 7.08. The van der Waals surface area contributed by atoms with Crippen LogP contribution in [0, 0.1) is 11.8 Å². The molecule has 3 aliphatic rings. The highest BCUT2D eigenvalue weighted by Gasteiger charge is 2.43. The van der Waals surface area contributed by atoms with Crippen LogP contribution >= 0.6 is 0 Å². The maximum absolute atomic E-state index is 11.3. The number of ether oxygens (including phenoxy) is 2. The van der Waals surface area contributed by atoms with Gasteiger partial charge in [-0.05, 0) is 55.5 Å². The molecule has 5 heteroatoms. The first kappa shape index (κ1) is 17.0. The van der Waals surface area contributed by atoms with Gasteiger partial charge in [-0.1, -0.05) is 6.08 Å². The zero-order valence-electron chi connectivity index (χ0n) is 15.0. The fourth-order valence-electron chi connectivity index (χ4n) is 4.64. The molecule has 0 spiro atoms. The summed E-state index contributed by atoms with van der Waals surface area (Å²) in [6, 6.07) is 7.96. The summed E-state index contributed by atoms with van der Waals surface area (Å²) < 4.78 is 11.0. The quantitative estimate of drug-likeness (QED) is 0.589. The molecule has 0 saturated carbocycles. The molecule has 1 aromatic heterocycles. The Morgan fingerprint density at radius 3 is 2.96 bits per heavy atom. The van der Waals surface area contributed by atoms with Crippen molar-refractivity contribution in [1.29, 1.82) is 0 Å². The Morgan fingerprint density at radius 2 is 2.27 bits per heavy atom. The maximum Gasteiger partial charge on any atom is 0.293 e. The Balaban J connectivity index is 1.75. The number of hydrogen-bond acceptors (Lipinski definition) is 5. The van der Waals surface area contributed by atoms with E-state index in [1.165, 1.54) is 6.42 Å². The second-order valence-corrected chi connectivity index (χ2v) is 7.18. The van der Waals surface area contributed by atoms with E-state index in [2.05, 4.69) is 22.5 Å². The van der Waals surface area contributed by atoms with Gasteiger partial charge in [0, 0.05) is 23.7 Å². The van der Waals surface area contributed by atoms with E-state index in [9.17, 15) is 4.79 Å². The lowest BCUT2D eigenvalue weighted by Crippen LogP contribution is -2.55. The summed E-state index contributed by atoms with van der Waals surface area (Å²) in [4.78, 5) is 18.2. The third-order valence-electron chi connectivity index (χ3n) is 5.99.